The van der Waals surface area contributed by atoms with Gasteiger partial charge in [-0.3, -0.25) is 0 Å². The van der Waals surface area contributed by atoms with Crippen LogP contribution >= 0.6 is 0 Å². The normalized spacial score (nSPS) is 14.7. The standard InChI is InChI=1S/C34H32NO4/c1-35-20-28-24(17-18-29(36-2)33(28)38-4)26-16-15-25-27(32(26)35)19-30(37-3)34(39-5)31(25)23-13-11-22(12-14-23)21-9-7-6-8-10-21/h6-17,19-20,29H,18H2,1-5H3/q+1. The highest BCUT2D eigenvalue weighted by molar-refractivity contribution is 6.12. The molecule has 1 heterocycles. The highest BCUT2D eigenvalue weighted by Gasteiger charge is 2.25. The zero-order chi connectivity index (χ0) is 27.1. The fraction of sp³-hybridized carbons (Fsp3) is 0.206. The van der Waals surface area contributed by atoms with E-state index >= 15 is 0 Å². The predicted octanol–water partition coefficient (Wildman–Crippen LogP) is 5.12. The summed E-state index contributed by atoms with van der Waals surface area (Å²) in [5.74, 6) is 2.28. The van der Waals surface area contributed by atoms with Gasteiger partial charge >= 0.3 is 0 Å². The first-order chi connectivity index (χ1) is 19.1. The molecule has 39 heavy (non-hydrogen) atoms. The average molecular weight is 519 g/mol. The molecule has 0 fully saturated rings. The lowest BCUT2D eigenvalue weighted by atomic mass is 9.92. The molecule has 1 atom stereocenters. The molecule has 1 aliphatic rings. The van der Waals surface area contributed by atoms with Crippen molar-refractivity contribution in [2.75, 3.05) is 28.4 Å². The number of methoxy groups -OCH3 is 4. The summed E-state index contributed by atoms with van der Waals surface area (Å²) < 4.78 is 25.5. The minimum atomic E-state index is -0.0878. The first-order valence-corrected chi connectivity index (χ1v) is 13.1. The van der Waals surface area contributed by atoms with E-state index in [1.54, 1.807) is 28.4 Å². The molecule has 0 bridgehead atoms. The van der Waals surface area contributed by atoms with Crippen molar-refractivity contribution < 1.29 is 23.5 Å². The van der Waals surface area contributed by atoms with E-state index in [4.69, 9.17) is 18.9 Å². The fourth-order valence-corrected chi connectivity index (χ4v) is 5.95. The van der Waals surface area contributed by atoms with E-state index in [0.29, 0.717) is 5.75 Å². The number of hydrogen-bond acceptors (Lipinski definition) is 4. The van der Waals surface area contributed by atoms with Crippen LogP contribution < -0.4 is 24.5 Å². The Balaban J connectivity index is 1.66. The van der Waals surface area contributed by atoms with Gasteiger partial charge in [-0.15, -0.1) is 0 Å². The Labute approximate surface area is 228 Å². The highest BCUT2D eigenvalue weighted by Crippen LogP contribution is 2.45. The first kappa shape index (κ1) is 25.0. The summed E-state index contributed by atoms with van der Waals surface area (Å²) in [6.45, 7) is 0. The van der Waals surface area contributed by atoms with Gasteiger partial charge in [-0.2, -0.15) is 4.57 Å². The van der Waals surface area contributed by atoms with Crippen LogP contribution in [0.25, 0.3) is 55.8 Å². The second kappa shape index (κ2) is 10.1. The summed E-state index contributed by atoms with van der Waals surface area (Å²) >= 11 is 0. The Bertz CT molecular complexity index is 1830. The summed E-state index contributed by atoms with van der Waals surface area (Å²) in [6, 6.07) is 25.6. The number of fused-ring (bicyclic) bond motifs is 5. The van der Waals surface area contributed by atoms with Crippen LogP contribution in [0, 0.1) is 0 Å². The molecule has 6 rings (SSSR count). The summed E-state index contributed by atoms with van der Waals surface area (Å²) in [4.78, 5) is 0. The van der Waals surface area contributed by atoms with Gasteiger partial charge in [-0.25, -0.2) is 0 Å². The van der Waals surface area contributed by atoms with E-state index in [-0.39, 0.29) is 6.10 Å². The molecule has 0 spiro atoms. The molecule has 1 aliphatic carbocycles. The number of hydrogen-bond donors (Lipinski definition) is 0. The average Bonchev–Trinajstić information content (AvgIpc) is 2.99. The molecule has 1 aromatic heterocycles. The maximum atomic E-state index is 5.96. The van der Waals surface area contributed by atoms with Crippen LogP contribution in [0.3, 0.4) is 0 Å². The van der Waals surface area contributed by atoms with E-state index in [0.717, 1.165) is 56.0 Å². The lowest BCUT2D eigenvalue weighted by Crippen LogP contribution is -2.45. The van der Waals surface area contributed by atoms with Gasteiger partial charge in [-0.1, -0.05) is 66.7 Å². The number of pyridine rings is 1. The molecule has 0 saturated heterocycles. The lowest BCUT2D eigenvalue weighted by Gasteiger charge is -2.20. The Hall–Kier alpha value is -4.35. The lowest BCUT2D eigenvalue weighted by molar-refractivity contribution is -0.644. The van der Waals surface area contributed by atoms with Crippen molar-refractivity contribution in [3.8, 4) is 33.8 Å². The second-order valence-electron chi connectivity index (χ2n) is 9.79. The van der Waals surface area contributed by atoms with Crippen LogP contribution in [-0.2, 0) is 16.5 Å². The molecule has 1 unspecified atom stereocenters. The summed E-state index contributed by atoms with van der Waals surface area (Å²) in [6.07, 6.45) is 5.07. The molecular weight excluding hydrogens is 486 g/mol. The topological polar surface area (TPSA) is 40.8 Å². The van der Waals surface area contributed by atoms with Gasteiger partial charge in [0.25, 0.3) is 0 Å². The second-order valence-corrected chi connectivity index (χ2v) is 9.79. The highest BCUT2D eigenvalue weighted by atomic mass is 16.5. The van der Waals surface area contributed by atoms with E-state index in [1.165, 1.54) is 16.3 Å². The summed E-state index contributed by atoms with van der Waals surface area (Å²) in [5, 5.41) is 5.58. The molecule has 5 aromatic rings. The SMILES string of the molecule is COC1=c2c[n+](C)c3c(ccc4c(-c5ccc(-c6ccccc6)cc5)c(OC)c(OC)cc43)c2=CCC1OC. The third kappa shape index (κ3) is 4.01. The molecule has 4 aromatic carbocycles. The van der Waals surface area contributed by atoms with Crippen LogP contribution in [0.2, 0.25) is 0 Å². The van der Waals surface area contributed by atoms with Crippen molar-refractivity contribution in [3.63, 3.8) is 0 Å². The van der Waals surface area contributed by atoms with Gasteiger partial charge in [0, 0.05) is 23.3 Å². The van der Waals surface area contributed by atoms with Gasteiger partial charge in [0.05, 0.1) is 37.3 Å². The molecule has 0 aliphatic heterocycles. The number of aryl methyl sites for hydroxylation is 1. The monoisotopic (exact) mass is 518 g/mol. The third-order valence-corrected chi connectivity index (χ3v) is 7.77. The van der Waals surface area contributed by atoms with Crippen LogP contribution in [0.4, 0.5) is 0 Å². The molecule has 5 heteroatoms. The molecule has 0 N–H and O–H groups in total. The van der Waals surface area contributed by atoms with Gasteiger partial charge in [0.15, 0.2) is 17.7 Å². The van der Waals surface area contributed by atoms with E-state index in [9.17, 15) is 0 Å². The fourth-order valence-electron chi connectivity index (χ4n) is 5.95. The molecule has 196 valence electrons. The van der Waals surface area contributed by atoms with Crippen molar-refractivity contribution in [1.82, 2.24) is 0 Å². The van der Waals surface area contributed by atoms with Gasteiger partial charge in [-0.05, 0) is 35.2 Å². The minimum absolute atomic E-state index is 0.0878. The molecule has 5 nitrogen and oxygen atoms in total. The largest absolute Gasteiger partial charge is 0.497 e. The maximum absolute atomic E-state index is 5.96. The Morgan fingerprint density at radius 2 is 1.41 bits per heavy atom. The van der Waals surface area contributed by atoms with Crippen LogP contribution in [-0.4, -0.2) is 34.5 Å². The van der Waals surface area contributed by atoms with Crippen LogP contribution in [0.1, 0.15) is 6.42 Å². The molecule has 0 amide bonds. The number of benzene rings is 4. The van der Waals surface area contributed by atoms with Crippen LogP contribution in [0.15, 0.2) is 79.0 Å². The predicted molar refractivity (Wildman–Crippen MR) is 156 cm³/mol. The number of nitrogens with zero attached hydrogens (tertiary/aromatic N) is 1. The van der Waals surface area contributed by atoms with Crippen molar-refractivity contribution in [2.45, 2.75) is 12.5 Å². The first-order valence-electron chi connectivity index (χ1n) is 13.1. The smallest absolute Gasteiger partial charge is 0.220 e. The van der Waals surface area contributed by atoms with Crippen molar-refractivity contribution >= 4 is 33.5 Å². The zero-order valence-electron chi connectivity index (χ0n) is 22.9. The Morgan fingerprint density at radius 3 is 2.08 bits per heavy atom. The number of ether oxygens (including phenoxy) is 4. The number of aromatic nitrogens is 1. The van der Waals surface area contributed by atoms with Crippen LogP contribution in [0.5, 0.6) is 11.5 Å². The summed E-state index contributed by atoms with van der Waals surface area (Å²) in [7, 11) is 8.92. The zero-order valence-corrected chi connectivity index (χ0v) is 22.9. The quantitative estimate of drug-likeness (QED) is 0.231. The Kier molecular flexibility index (Phi) is 6.45. The van der Waals surface area contributed by atoms with Crippen molar-refractivity contribution in [3.05, 3.63) is 89.4 Å². The number of rotatable bonds is 6. The van der Waals surface area contributed by atoms with E-state index in [1.807, 2.05) is 6.07 Å². The molecule has 0 radical (unpaired) electrons. The van der Waals surface area contributed by atoms with Gasteiger partial charge in [0.2, 0.25) is 5.52 Å². The van der Waals surface area contributed by atoms with Gasteiger partial charge < -0.3 is 18.9 Å². The van der Waals surface area contributed by atoms with Crippen molar-refractivity contribution in [1.29, 1.82) is 0 Å². The third-order valence-electron chi connectivity index (χ3n) is 7.77. The van der Waals surface area contributed by atoms with E-state index in [2.05, 4.69) is 90.6 Å². The van der Waals surface area contributed by atoms with E-state index < -0.39 is 0 Å². The maximum Gasteiger partial charge on any atom is 0.220 e. The molecular formula is C34H32NO4+. The van der Waals surface area contributed by atoms with Gasteiger partial charge in [0.1, 0.15) is 18.9 Å². The van der Waals surface area contributed by atoms with Crippen molar-refractivity contribution in [2.24, 2.45) is 7.05 Å². The Morgan fingerprint density at radius 1 is 0.718 bits per heavy atom. The molecule has 0 saturated carbocycles. The minimum Gasteiger partial charge on any atom is -0.497 e. The summed E-state index contributed by atoms with van der Waals surface area (Å²) in [5.41, 5.74) is 5.56.